The fraction of sp³-hybridized carbons (Fsp3) is 0.308. The van der Waals surface area contributed by atoms with Crippen LogP contribution in [-0.4, -0.2) is 25.1 Å². The number of H-pyrrole nitrogens is 1. The third-order valence-electron chi connectivity index (χ3n) is 6.17. The van der Waals surface area contributed by atoms with Crippen molar-refractivity contribution in [1.82, 2.24) is 10.3 Å². The quantitative estimate of drug-likeness (QED) is 0.613. The fourth-order valence-corrected chi connectivity index (χ4v) is 4.29. The van der Waals surface area contributed by atoms with Gasteiger partial charge in [0.25, 0.3) is 11.5 Å². The van der Waals surface area contributed by atoms with Gasteiger partial charge in [0.15, 0.2) is 0 Å². The number of aromatic amines is 1. The summed E-state index contributed by atoms with van der Waals surface area (Å²) in [6.45, 7) is 2.19. The molecule has 3 aromatic rings. The van der Waals surface area contributed by atoms with Crippen LogP contribution < -0.4 is 20.3 Å². The average Bonchev–Trinajstić information content (AvgIpc) is 2.83. The maximum Gasteiger partial charge on any atom is 0.253 e. The molecular formula is C26H28N2O4. The first-order valence-corrected chi connectivity index (χ1v) is 10.9. The molecule has 2 N–H and O–H groups in total. The number of aromatic nitrogens is 1. The number of methoxy groups -OCH3 is 2. The first kappa shape index (κ1) is 21.7. The Morgan fingerprint density at radius 2 is 1.62 bits per heavy atom. The smallest absolute Gasteiger partial charge is 0.253 e. The van der Waals surface area contributed by atoms with E-state index in [1.54, 1.807) is 26.4 Å². The van der Waals surface area contributed by atoms with Crippen LogP contribution in [0.1, 0.15) is 45.6 Å². The number of aryl methyl sites for hydroxylation is 1. The monoisotopic (exact) mass is 432 g/mol. The molecule has 166 valence electrons. The average molecular weight is 433 g/mol. The number of rotatable bonds is 6. The van der Waals surface area contributed by atoms with Crippen LogP contribution in [0.5, 0.6) is 11.5 Å². The molecule has 0 radical (unpaired) electrons. The van der Waals surface area contributed by atoms with Crippen molar-refractivity contribution < 1.29 is 14.3 Å². The summed E-state index contributed by atoms with van der Waals surface area (Å²) in [5, 5.41) is 2.90. The molecule has 0 fully saturated rings. The van der Waals surface area contributed by atoms with Gasteiger partial charge >= 0.3 is 0 Å². The van der Waals surface area contributed by atoms with Crippen molar-refractivity contribution in [3.63, 3.8) is 0 Å². The van der Waals surface area contributed by atoms with Crippen molar-refractivity contribution in [3.8, 4) is 22.6 Å². The maximum absolute atomic E-state index is 12.7. The van der Waals surface area contributed by atoms with Crippen LogP contribution in [0.25, 0.3) is 11.1 Å². The number of hydrogen-bond donors (Lipinski definition) is 2. The van der Waals surface area contributed by atoms with Gasteiger partial charge in [-0.05, 0) is 79.1 Å². The van der Waals surface area contributed by atoms with Gasteiger partial charge < -0.3 is 19.8 Å². The zero-order chi connectivity index (χ0) is 22.7. The summed E-state index contributed by atoms with van der Waals surface area (Å²) < 4.78 is 10.7. The Bertz CT molecular complexity index is 1170. The van der Waals surface area contributed by atoms with Gasteiger partial charge in [-0.3, -0.25) is 9.59 Å². The van der Waals surface area contributed by atoms with Gasteiger partial charge in [-0.1, -0.05) is 12.1 Å². The van der Waals surface area contributed by atoms with Crippen molar-refractivity contribution >= 4 is 5.91 Å². The Labute approximate surface area is 187 Å². The largest absolute Gasteiger partial charge is 0.497 e. The fourth-order valence-electron chi connectivity index (χ4n) is 4.29. The molecule has 0 spiro atoms. The minimum Gasteiger partial charge on any atom is -0.497 e. The van der Waals surface area contributed by atoms with E-state index in [1.807, 2.05) is 37.3 Å². The number of hydrogen-bond acceptors (Lipinski definition) is 4. The molecule has 1 aliphatic rings. The van der Waals surface area contributed by atoms with Crippen LogP contribution in [0.15, 0.2) is 47.3 Å². The molecular weight excluding hydrogens is 404 g/mol. The van der Waals surface area contributed by atoms with E-state index in [4.69, 9.17) is 9.47 Å². The summed E-state index contributed by atoms with van der Waals surface area (Å²) in [6.07, 6.45) is 4.15. The summed E-state index contributed by atoms with van der Waals surface area (Å²) in [5.74, 6) is 1.19. The summed E-state index contributed by atoms with van der Waals surface area (Å²) in [5.41, 5.74) is 6.24. The summed E-state index contributed by atoms with van der Waals surface area (Å²) in [4.78, 5) is 28.3. The lowest BCUT2D eigenvalue weighted by atomic mass is 9.90. The van der Waals surface area contributed by atoms with Gasteiger partial charge in [-0.2, -0.15) is 0 Å². The highest BCUT2D eigenvalue weighted by molar-refractivity contribution is 5.94. The number of pyridine rings is 1. The van der Waals surface area contributed by atoms with Crippen molar-refractivity contribution in [2.45, 2.75) is 39.2 Å². The van der Waals surface area contributed by atoms with E-state index < -0.39 is 0 Å². The molecule has 4 rings (SSSR count). The van der Waals surface area contributed by atoms with Crippen LogP contribution in [-0.2, 0) is 19.4 Å². The zero-order valence-electron chi connectivity index (χ0n) is 18.7. The van der Waals surface area contributed by atoms with Gasteiger partial charge in [-0.15, -0.1) is 0 Å². The Morgan fingerprint density at radius 3 is 2.28 bits per heavy atom. The van der Waals surface area contributed by atoms with Gasteiger partial charge in [0, 0.05) is 29.4 Å². The van der Waals surface area contributed by atoms with E-state index in [0.29, 0.717) is 22.6 Å². The molecule has 32 heavy (non-hydrogen) atoms. The molecule has 0 saturated carbocycles. The van der Waals surface area contributed by atoms with Crippen molar-refractivity contribution in [1.29, 1.82) is 0 Å². The van der Waals surface area contributed by atoms with E-state index in [0.717, 1.165) is 48.1 Å². The molecule has 0 unspecified atom stereocenters. The van der Waals surface area contributed by atoms with E-state index in [1.165, 1.54) is 5.56 Å². The first-order valence-electron chi connectivity index (χ1n) is 10.9. The Balaban J connectivity index is 1.49. The molecule has 2 aromatic carbocycles. The van der Waals surface area contributed by atoms with E-state index >= 15 is 0 Å². The zero-order valence-corrected chi connectivity index (χ0v) is 18.7. The highest BCUT2D eigenvalue weighted by Gasteiger charge is 2.18. The standard InChI is InChI=1S/C26H28N2O4/c1-16-22-6-4-5-7-24(22)28-26(30)23(16)15-27-25(29)18-10-8-17(9-11-18)19-12-20(31-2)14-21(13-19)32-3/h8-14H,4-7,15H2,1-3H3,(H,27,29)(H,28,30). The number of carbonyl (C=O) groups excluding carboxylic acids is 1. The van der Waals surface area contributed by atoms with Gasteiger partial charge in [0.05, 0.1) is 14.2 Å². The van der Waals surface area contributed by atoms with Gasteiger partial charge in [0.1, 0.15) is 11.5 Å². The molecule has 0 aliphatic heterocycles. The van der Waals surface area contributed by atoms with Crippen LogP contribution in [0.4, 0.5) is 0 Å². The number of ether oxygens (including phenoxy) is 2. The molecule has 0 atom stereocenters. The van der Waals surface area contributed by atoms with E-state index in [2.05, 4.69) is 10.3 Å². The molecule has 6 nitrogen and oxygen atoms in total. The van der Waals surface area contributed by atoms with Crippen LogP contribution in [0.2, 0.25) is 0 Å². The summed E-state index contributed by atoms with van der Waals surface area (Å²) in [7, 11) is 3.22. The van der Waals surface area contributed by atoms with Crippen molar-refractivity contribution in [3.05, 3.63) is 80.8 Å². The third kappa shape index (κ3) is 4.40. The number of amides is 1. The lowest BCUT2D eigenvalue weighted by molar-refractivity contribution is 0.0950. The second-order valence-electron chi connectivity index (χ2n) is 8.08. The Morgan fingerprint density at radius 1 is 0.969 bits per heavy atom. The molecule has 6 heteroatoms. The highest BCUT2D eigenvalue weighted by atomic mass is 16.5. The molecule has 0 saturated heterocycles. The van der Waals surface area contributed by atoms with Gasteiger partial charge in [0.2, 0.25) is 0 Å². The second kappa shape index (κ2) is 9.30. The topological polar surface area (TPSA) is 80.4 Å². The summed E-state index contributed by atoms with van der Waals surface area (Å²) >= 11 is 0. The lowest BCUT2D eigenvalue weighted by Crippen LogP contribution is -2.29. The highest BCUT2D eigenvalue weighted by Crippen LogP contribution is 2.30. The van der Waals surface area contributed by atoms with Crippen molar-refractivity contribution in [2.75, 3.05) is 14.2 Å². The number of carbonyl (C=O) groups is 1. The Hall–Kier alpha value is -3.54. The molecule has 1 amide bonds. The Kier molecular flexibility index (Phi) is 6.30. The minimum atomic E-state index is -0.212. The third-order valence-corrected chi connectivity index (χ3v) is 6.17. The first-order chi connectivity index (χ1) is 15.5. The minimum absolute atomic E-state index is 0.106. The number of benzene rings is 2. The second-order valence-corrected chi connectivity index (χ2v) is 8.08. The predicted octanol–water partition coefficient (Wildman–Crippen LogP) is 4.18. The van der Waals surface area contributed by atoms with Crippen LogP contribution in [0, 0.1) is 6.92 Å². The maximum atomic E-state index is 12.7. The van der Waals surface area contributed by atoms with Crippen LogP contribution in [0.3, 0.4) is 0 Å². The number of nitrogens with one attached hydrogen (secondary N) is 2. The molecule has 1 aliphatic carbocycles. The SMILES string of the molecule is COc1cc(OC)cc(-c2ccc(C(=O)NCc3c(C)c4c([nH]c3=O)CCCC4)cc2)c1. The van der Waals surface area contributed by atoms with Crippen molar-refractivity contribution in [2.24, 2.45) is 0 Å². The predicted molar refractivity (Wildman–Crippen MR) is 125 cm³/mol. The summed E-state index contributed by atoms with van der Waals surface area (Å²) in [6, 6.07) is 13.0. The van der Waals surface area contributed by atoms with Crippen LogP contribution >= 0.6 is 0 Å². The number of fused-ring (bicyclic) bond motifs is 1. The van der Waals surface area contributed by atoms with Gasteiger partial charge in [-0.25, -0.2) is 0 Å². The van der Waals surface area contributed by atoms with E-state index in [9.17, 15) is 9.59 Å². The molecule has 1 heterocycles. The molecule has 0 bridgehead atoms. The van der Waals surface area contributed by atoms with E-state index in [-0.39, 0.29) is 18.0 Å². The normalized spacial score (nSPS) is 12.7. The molecule has 1 aromatic heterocycles. The lowest BCUT2D eigenvalue weighted by Gasteiger charge is -2.20.